The first kappa shape index (κ1) is 13.0. The van der Waals surface area contributed by atoms with Gasteiger partial charge in [0.05, 0.1) is 5.60 Å². The van der Waals surface area contributed by atoms with Crippen LogP contribution in [-0.4, -0.2) is 18.2 Å². The van der Waals surface area contributed by atoms with Crippen LogP contribution in [0.25, 0.3) is 0 Å². The molecule has 1 unspecified atom stereocenters. The Morgan fingerprint density at radius 1 is 1.32 bits per heavy atom. The smallest absolute Gasteiger partial charge is 0.127 e. The van der Waals surface area contributed by atoms with Crippen LogP contribution in [0.1, 0.15) is 37.7 Å². The van der Waals surface area contributed by atoms with Gasteiger partial charge in [0.25, 0.3) is 0 Å². The number of hydrogen-bond acceptors (Lipinski definition) is 2. The molecule has 2 aliphatic rings. The van der Waals surface area contributed by atoms with Crippen LogP contribution in [0, 0.1) is 11.6 Å². The van der Waals surface area contributed by atoms with E-state index in [9.17, 15) is 8.78 Å². The normalized spacial score (nSPS) is 25.3. The topological polar surface area (TPSA) is 21.3 Å². The zero-order chi connectivity index (χ0) is 13.3. The zero-order valence-electron chi connectivity index (χ0n) is 10.9. The molecule has 0 bridgehead atoms. The molecule has 4 heteroatoms. The Bertz CT molecular complexity index is 459. The summed E-state index contributed by atoms with van der Waals surface area (Å²) in [5.41, 5.74) is 0.477. The Kier molecular flexibility index (Phi) is 3.54. The Hall–Kier alpha value is -1.00. The summed E-state index contributed by atoms with van der Waals surface area (Å²) in [4.78, 5) is 0. The highest BCUT2D eigenvalue weighted by atomic mass is 19.1. The first-order valence-corrected chi connectivity index (χ1v) is 6.98. The van der Waals surface area contributed by atoms with Crippen molar-refractivity contribution in [2.75, 3.05) is 6.61 Å². The van der Waals surface area contributed by atoms with E-state index >= 15 is 0 Å². The van der Waals surface area contributed by atoms with Crippen molar-refractivity contribution in [3.63, 3.8) is 0 Å². The number of hydrogen-bond donors (Lipinski definition) is 1. The third-order valence-corrected chi connectivity index (χ3v) is 4.35. The maximum Gasteiger partial charge on any atom is 0.127 e. The summed E-state index contributed by atoms with van der Waals surface area (Å²) in [7, 11) is 0. The fourth-order valence-electron chi connectivity index (χ4n) is 3.05. The van der Waals surface area contributed by atoms with Crippen molar-refractivity contribution in [3.8, 4) is 0 Å². The summed E-state index contributed by atoms with van der Waals surface area (Å²) in [6.45, 7) is 1.15. The molecule has 0 aromatic heterocycles. The van der Waals surface area contributed by atoms with Crippen LogP contribution in [0.5, 0.6) is 0 Å². The molecule has 0 radical (unpaired) electrons. The van der Waals surface area contributed by atoms with Crippen molar-refractivity contribution in [2.45, 2.75) is 50.3 Å². The van der Waals surface area contributed by atoms with Gasteiger partial charge in [-0.05, 0) is 50.3 Å². The molecular weight excluding hydrogens is 248 g/mol. The van der Waals surface area contributed by atoms with Gasteiger partial charge in [-0.3, -0.25) is 0 Å². The van der Waals surface area contributed by atoms with Gasteiger partial charge in [-0.15, -0.1) is 0 Å². The van der Waals surface area contributed by atoms with Gasteiger partial charge in [0.15, 0.2) is 0 Å². The zero-order valence-corrected chi connectivity index (χ0v) is 10.9. The molecule has 1 N–H and O–H groups in total. The van der Waals surface area contributed by atoms with Gasteiger partial charge in [0.1, 0.15) is 11.6 Å². The van der Waals surface area contributed by atoms with Crippen LogP contribution in [0.4, 0.5) is 8.78 Å². The SMILES string of the molecule is Fc1ccc(F)c(CNC2CCOC3(CCC3)C2)c1. The van der Waals surface area contributed by atoms with Crippen LogP contribution in [0.15, 0.2) is 18.2 Å². The predicted molar refractivity (Wildman–Crippen MR) is 68.8 cm³/mol. The molecule has 1 aromatic rings. The third kappa shape index (κ3) is 2.79. The van der Waals surface area contributed by atoms with Gasteiger partial charge in [0.2, 0.25) is 0 Å². The highest BCUT2D eigenvalue weighted by Crippen LogP contribution is 2.42. The molecular formula is C15H19F2NO. The van der Waals surface area contributed by atoms with E-state index in [1.165, 1.54) is 18.6 Å². The minimum Gasteiger partial charge on any atom is -0.375 e. The van der Waals surface area contributed by atoms with Crippen molar-refractivity contribution >= 4 is 0 Å². The Morgan fingerprint density at radius 2 is 2.16 bits per heavy atom. The van der Waals surface area contributed by atoms with Gasteiger partial charge >= 0.3 is 0 Å². The lowest BCUT2D eigenvalue weighted by Gasteiger charge is -2.47. The summed E-state index contributed by atoms with van der Waals surface area (Å²) >= 11 is 0. The van der Waals surface area contributed by atoms with Gasteiger partial charge in [-0.25, -0.2) is 8.78 Å². The average molecular weight is 267 g/mol. The molecule has 1 aromatic carbocycles. The summed E-state index contributed by atoms with van der Waals surface area (Å²) in [5, 5.41) is 3.34. The van der Waals surface area contributed by atoms with E-state index in [4.69, 9.17) is 4.74 Å². The monoisotopic (exact) mass is 267 g/mol. The molecule has 1 aliphatic carbocycles. The highest BCUT2D eigenvalue weighted by Gasteiger charge is 2.42. The maximum atomic E-state index is 13.5. The molecule has 2 nitrogen and oxygen atoms in total. The molecule has 2 fully saturated rings. The summed E-state index contributed by atoms with van der Waals surface area (Å²) < 4.78 is 32.5. The van der Waals surface area contributed by atoms with E-state index in [0.29, 0.717) is 18.2 Å². The Balaban J connectivity index is 1.58. The molecule has 104 valence electrons. The van der Waals surface area contributed by atoms with E-state index in [1.54, 1.807) is 0 Å². The molecule has 1 saturated heterocycles. The number of nitrogens with one attached hydrogen (secondary N) is 1. The summed E-state index contributed by atoms with van der Waals surface area (Å²) in [5.74, 6) is -0.736. The first-order chi connectivity index (χ1) is 9.17. The van der Waals surface area contributed by atoms with Crippen LogP contribution < -0.4 is 5.32 Å². The lowest BCUT2D eigenvalue weighted by molar-refractivity contribution is -0.135. The lowest BCUT2D eigenvalue weighted by Crippen LogP contribution is -2.50. The fraction of sp³-hybridized carbons (Fsp3) is 0.600. The molecule has 3 rings (SSSR count). The quantitative estimate of drug-likeness (QED) is 0.908. The second kappa shape index (κ2) is 5.17. The maximum absolute atomic E-state index is 13.5. The predicted octanol–water partition coefficient (Wildman–Crippen LogP) is 3.16. The van der Waals surface area contributed by atoms with Crippen LogP contribution >= 0.6 is 0 Å². The molecule has 0 amide bonds. The van der Waals surface area contributed by atoms with E-state index in [0.717, 1.165) is 38.4 Å². The van der Waals surface area contributed by atoms with Crippen molar-refractivity contribution in [1.29, 1.82) is 0 Å². The second-order valence-corrected chi connectivity index (χ2v) is 5.69. The van der Waals surface area contributed by atoms with Crippen molar-refractivity contribution < 1.29 is 13.5 Å². The molecule has 1 heterocycles. The highest BCUT2D eigenvalue weighted by molar-refractivity contribution is 5.18. The van der Waals surface area contributed by atoms with E-state index in [2.05, 4.69) is 5.32 Å². The minimum absolute atomic E-state index is 0.0798. The van der Waals surface area contributed by atoms with Crippen molar-refractivity contribution in [2.24, 2.45) is 0 Å². The molecule has 1 saturated carbocycles. The largest absolute Gasteiger partial charge is 0.375 e. The molecule has 19 heavy (non-hydrogen) atoms. The number of rotatable bonds is 3. The van der Waals surface area contributed by atoms with E-state index in [-0.39, 0.29) is 17.2 Å². The molecule has 1 spiro atoms. The van der Waals surface area contributed by atoms with E-state index in [1.807, 2.05) is 0 Å². The lowest BCUT2D eigenvalue weighted by atomic mass is 9.74. The average Bonchev–Trinajstić information content (AvgIpc) is 2.38. The summed E-state index contributed by atoms with van der Waals surface area (Å²) in [6.07, 6.45) is 5.45. The molecule has 1 aliphatic heterocycles. The number of ether oxygens (including phenoxy) is 1. The van der Waals surface area contributed by atoms with Gasteiger partial charge in [-0.1, -0.05) is 0 Å². The standard InChI is InChI=1S/C15H19F2NO/c16-12-2-3-14(17)11(8-12)10-18-13-4-7-19-15(9-13)5-1-6-15/h2-3,8,13,18H,1,4-7,9-10H2. The van der Waals surface area contributed by atoms with Crippen LogP contribution in [-0.2, 0) is 11.3 Å². The molecule has 1 atom stereocenters. The van der Waals surface area contributed by atoms with Crippen molar-refractivity contribution in [1.82, 2.24) is 5.32 Å². The van der Waals surface area contributed by atoms with Gasteiger partial charge in [0, 0.05) is 24.8 Å². The fourth-order valence-corrected chi connectivity index (χ4v) is 3.05. The van der Waals surface area contributed by atoms with Crippen molar-refractivity contribution in [3.05, 3.63) is 35.4 Å². The van der Waals surface area contributed by atoms with Gasteiger partial charge in [-0.2, -0.15) is 0 Å². The van der Waals surface area contributed by atoms with Gasteiger partial charge < -0.3 is 10.1 Å². The van der Waals surface area contributed by atoms with Crippen LogP contribution in [0.2, 0.25) is 0 Å². The number of benzene rings is 1. The second-order valence-electron chi connectivity index (χ2n) is 5.69. The summed E-state index contributed by atoms with van der Waals surface area (Å²) in [6, 6.07) is 3.94. The Labute approximate surface area is 112 Å². The van der Waals surface area contributed by atoms with E-state index < -0.39 is 0 Å². The third-order valence-electron chi connectivity index (χ3n) is 4.35. The Morgan fingerprint density at radius 3 is 2.89 bits per heavy atom. The van der Waals surface area contributed by atoms with Crippen LogP contribution in [0.3, 0.4) is 0 Å². The first-order valence-electron chi connectivity index (χ1n) is 6.98. The minimum atomic E-state index is -0.388. The number of halogens is 2.